The second-order valence-corrected chi connectivity index (χ2v) is 2.83. The number of piperidine rings is 1. The summed E-state index contributed by atoms with van der Waals surface area (Å²) in [5, 5.41) is 21.1. The van der Waals surface area contributed by atoms with E-state index in [1.807, 2.05) is 0 Å². The molecular weight excluding hydrogens is 130 g/mol. The molecule has 1 aliphatic rings. The van der Waals surface area contributed by atoms with Crippen LogP contribution < -0.4 is 5.32 Å². The van der Waals surface area contributed by atoms with Gasteiger partial charge in [0.2, 0.25) is 0 Å². The molecule has 0 spiro atoms. The van der Waals surface area contributed by atoms with Crippen molar-refractivity contribution >= 4 is 0 Å². The van der Waals surface area contributed by atoms with Crippen LogP contribution in [0.3, 0.4) is 0 Å². The highest BCUT2D eigenvalue weighted by Crippen LogP contribution is 2.13. The summed E-state index contributed by atoms with van der Waals surface area (Å²) >= 11 is 0. The van der Waals surface area contributed by atoms with Crippen LogP contribution in [0.5, 0.6) is 0 Å². The van der Waals surface area contributed by atoms with Gasteiger partial charge in [0.15, 0.2) is 0 Å². The Hall–Kier alpha value is -0.120. The number of aliphatic hydroxyl groups is 2. The molecule has 3 heteroatoms. The first-order valence-electron chi connectivity index (χ1n) is 3.84. The van der Waals surface area contributed by atoms with Gasteiger partial charge in [0.1, 0.15) is 0 Å². The largest absolute Gasteiger partial charge is 0.396 e. The second-order valence-electron chi connectivity index (χ2n) is 2.83. The molecule has 1 aliphatic heterocycles. The van der Waals surface area contributed by atoms with Crippen molar-refractivity contribution in [3.63, 3.8) is 0 Å². The number of nitrogens with one attached hydrogen (secondary N) is 1. The second kappa shape index (κ2) is 3.91. The molecule has 10 heavy (non-hydrogen) atoms. The molecule has 0 aliphatic carbocycles. The monoisotopic (exact) mass is 145 g/mol. The van der Waals surface area contributed by atoms with E-state index < -0.39 is 0 Å². The molecule has 0 aromatic rings. The number of aliphatic hydroxyl groups excluding tert-OH is 2. The van der Waals surface area contributed by atoms with E-state index in [0.717, 1.165) is 19.5 Å². The molecule has 0 aromatic heterocycles. The van der Waals surface area contributed by atoms with Gasteiger partial charge in [0.05, 0.1) is 6.10 Å². The average molecular weight is 145 g/mol. The van der Waals surface area contributed by atoms with Gasteiger partial charge in [-0.2, -0.15) is 0 Å². The molecule has 60 valence electrons. The lowest BCUT2D eigenvalue weighted by atomic mass is 9.93. The first-order chi connectivity index (χ1) is 4.84. The first kappa shape index (κ1) is 7.98. The summed E-state index contributed by atoms with van der Waals surface area (Å²) in [5.41, 5.74) is 0. The molecule has 1 saturated heterocycles. The number of hydrogen-bond acceptors (Lipinski definition) is 3. The van der Waals surface area contributed by atoms with Crippen molar-refractivity contribution in [1.29, 1.82) is 0 Å². The van der Waals surface area contributed by atoms with Crippen LogP contribution in [0.1, 0.15) is 12.8 Å². The third-order valence-electron chi connectivity index (χ3n) is 2.07. The van der Waals surface area contributed by atoms with E-state index in [1.165, 1.54) is 0 Å². The Balaban J connectivity index is 2.25. The van der Waals surface area contributed by atoms with Crippen molar-refractivity contribution in [3.05, 3.63) is 0 Å². The zero-order valence-electron chi connectivity index (χ0n) is 6.08. The molecule has 0 amide bonds. The van der Waals surface area contributed by atoms with Crippen molar-refractivity contribution in [2.24, 2.45) is 5.92 Å². The number of hydrogen-bond donors (Lipinski definition) is 3. The van der Waals surface area contributed by atoms with Crippen molar-refractivity contribution in [2.45, 2.75) is 18.9 Å². The maximum absolute atomic E-state index is 9.35. The zero-order chi connectivity index (χ0) is 7.40. The van der Waals surface area contributed by atoms with Crippen LogP contribution in [0.2, 0.25) is 0 Å². The summed E-state index contributed by atoms with van der Waals surface area (Å²) in [4.78, 5) is 0. The molecule has 1 heterocycles. The van der Waals surface area contributed by atoms with E-state index in [9.17, 15) is 5.11 Å². The SMILES string of the molecule is OCCC1CNCCC1O. The Morgan fingerprint density at radius 3 is 2.90 bits per heavy atom. The van der Waals surface area contributed by atoms with Crippen LogP contribution in [0, 0.1) is 5.92 Å². The number of rotatable bonds is 2. The van der Waals surface area contributed by atoms with Crippen LogP contribution in [-0.2, 0) is 0 Å². The highest BCUT2D eigenvalue weighted by molar-refractivity contribution is 4.76. The van der Waals surface area contributed by atoms with E-state index in [0.29, 0.717) is 6.42 Å². The van der Waals surface area contributed by atoms with Gasteiger partial charge in [-0.1, -0.05) is 0 Å². The Bertz CT molecular complexity index is 95.6. The quantitative estimate of drug-likeness (QED) is 0.483. The van der Waals surface area contributed by atoms with Crippen LogP contribution >= 0.6 is 0 Å². The van der Waals surface area contributed by atoms with Crippen molar-refractivity contribution in [2.75, 3.05) is 19.7 Å². The topological polar surface area (TPSA) is 52.5 Å². The van der Waals surface area contributed by atoms with Crippen molar-refractivity contribution < 1.29 is 10.2 Å². The summed E-state index contributed by atoms with van der Waals surface area (Å²) in [7, 11) is 0. The Kier molecular flexibility index (Phi) is 3.12. The third kappa shape index (κ3) is 1.94. The molecule has 3 N–H and O–H groups in total. The fourth-order valence-corrected chi connectivity index (χ4v) is 1.37. The minimum absolute atomic E-state index is 0.184. The van der Waals surface area contributed by atoms with Gasteiger partial charge in [-0.05, 0) is 25.3 Å². The molecular formula is C7H15NO2. The van der Waals surface area contributed by atoms with Gasteiger partial charge in [0, 0.05) is 13.2 Å². The summed E-state index contributed by atoms with van der Waals surface area (Å²) in [5.74, 6) is 0.263. The summed E-state index contributed by atoms with van der Waals surface area (Å²) < 4.78 is 0. The van der Waals surface area contributed by atoms with Crippen LogP contribution in [0.15, 0.2) is 0 Å². The van der Waals surface area contributed by atoms with Gasteiger partial charge in [-0.3, -0.25) is 0 Å². The van der Waals surface area contributed by atoms with E-state index in [4.69, 9.17) is 5.11 Å². The molecule has 1 rings (SSSR count). The molecule has 3 nitrogen and oxygen atoms in total. The average Bonchev–Trinajstić information content (AvgIpc) is 1.94. The summed E-state index contributed by atoms with van der Waals surface area (Å²) in [6.45, 7) is 1.94. The molecule has 0 bridgehead atoms. The maximum atomic E-state index is 9.35. The Labute approximate surface area is 61.1 Å². The molecule has 0 saturated carbocycles. The molecule has 1 fully saturated rings. The van der Waals surface area contributed by atoms with Crippen molar-refractivity contribution in [1.82, 2.24) is 5.32 Å². The standard InChI is InChI=1S/C7H15NO2/c9-4-2-6-5-8-3-1-7(6)10/h6-10H,1-5H2. The molecule has 0 aromatic carbocycles. The van der Waals surface area contributed by atoms with E-state index in [1.54, 1.807) is 0 Å². The zero-order valence-corrected chi connectivity index (χ0v) is 6.08. The van der Waals surface area contributed by atoms with Gasteiger partial charge >= 0.3 is 0 Å². The fourth-order valence-electron chi connectivity index (χ4n) is 1.37. The van der Waals surface area contributed by atoms with Gasteiger partial charge in [-0.15, -0.1) is 0 Å². The molecule has 0 radical (unpaired) electrons. The predicted molar refractivity (Wildman–Crippen MR) is 38.7 cm³/mol. The lowest BCUT2D eigenvalue weighted by molar-refractivity contribution is 0.0639. The summed E-state index contributed by atoms with van der Waals surface area (Å²) in [6.07, 6.45) is 1.34. The lowest BCUT2D eigenvalue weighted by Gasteiger charge is -2.27. The highest BCUT2D eigenvalue weighted by atomic mass is 16.3. The normalized spacial score (nSPS) is 34.2. The minimum Gasteiger partial charge on any atom is -0.396 e. The van der Waals surface area contributed by atoms with E-state index in [2.05, 4.69) is 5.32 Å². The third-order valence-corrected chi connectivity index (χ3v) is 2.07. The Morgan fingerprint density at radius 2 is 2.30 bits per heavy atom. The van der Waals surface area contributed by atoms with Gasteiger partial charge in [0.25, 0.3) is 0 Å². The minimum atomic E-state index is -0.201. The smallest absolute Gasteiger partial charge is 0.0593 e. The highest BCUT2D eigenvalue weighted by Gasteiger charge is 2.21. The van der Waals surface area contributed by atoms with Crippen molar-refractivity contribution in [3.8, 4) is 0 Å². The predicted octanol–water partition coefficient (Wildman–Crippen LogP) is -0.661. The summed E-state index contributed by atoms with van der Waals surface area (Å²) in [6, 6.07) is 0. The van der Waals surface area contributed by atoms with E-state index in [-0.39, 0.29) is 18.6 Å². The molecule has 2 unspecified atom stereocenters. The first-order valence-corrected chi connectivity index (χ1v) is 3.84. The molecule has 2 atom stereocenters. The fraction of sp³-hybridized carbons (Fsp3) is 1.00. The van der Waals surface area contributed by atoms with Crippen LogP contribution in [0.25, 0.3) is 0 Å². The van der Waals surface area contributed by atoms with Crippen LogP contribution in [-0.4, -0.2) is 36.0 Å². The van der Waals surface area contributed by atoms with Gasteiger partial charge in [-0.25, -0.2) is 0 Å². The Morgan fingerprint density at radius 1 is 1.50 bits per heavy atom. The van der Waals surface area contributed by atoms with Gasteiger partial charge < -0.3 is 15.5 Å². The lowest BCUT2D eigenvalue weighted by Crippen LogP contribution is -2.40. The van der Waals surface area contributed by atoms with E-state index >= 15 is 0 Å². The maximum Gasteiger partial charge on any atom is 0.0593 e. The van der Waals surface area contributed by atoms with Crippen LogP contribution in [0.4, 0.5) is 0 Å².